The molecule has 0 unspecified atom stereocenters. The number of nitrogens with two attached hydrogens (primary N) is 1. The highest BCUT2D eigenvalue weighted by atomic mass is 32.1. The molecule has 1 atom stereocenters. The van der Waals surface area contributed by atoms with Gasteiger partial charge in [0.2, 0.25) is 5.95 Å². The van der Waals surface area contributed by atoms with Crippen molar-refractivity contribution in [2.75, 3.05) is 42.7 Å². The Balaban J connectivity index is 1.41. The van der Waals surface area contributed by atoms with Crippen LogP contribution in [-0.4, -0.2) is 58.9 Å². The van der Waals surface area contributed by atoms with E-state index in [2.05, 4.69) is 25.2 Å². The normalized spacial score (nSPS) is 16.7. The quantitative estimate of drug-likeness (QED) is 0.620. The maximum atomic E-state index is 12.4. The lowest BCUT2D eigenvalue weighted by atomic mass is 10.2. The van der Waals surface area contributed by atoms with Crippen LogP contribution < -0.4 is 20.7 Å². The first-order chi connectivity index (χ1) is 15.0. The number of nitrogens with one attached hydrogen (secondary N) is 1. The third-order valence-electron chi connectivity index (χ3n) is 4.86. The van der Waals surface area contributed by atoms with Crippen LogP contribution in [0.15, 0.2) is 23.7 Å². The van der Waals surface area contributed by atoms with Crippen molar-refractivity contribution in [3.8, 4) is 11.8 Å². The van der Waals surface area contributed by atoms with Crippen molar-refractivity contribution < 1.29 is 14.4 Å². The van der Waals surface area contributed by atoms with Crippen LogP contribution >= 0.6 is 11.3 Å². The summed E-state index contributed by atoms with van der Waals surface area (Å²) in [4.78, 5) is 33.6. The molecule has 3 heterocycles. The van der Waals surface area contributed by atoms with Crippen molar-refractivity contribution in [3.63, 3.8) is 0 Å². The molecule has 0 bridgehead atoms. The van der Waals surface area contributed by atoms with Crippen molar-refractivity contribution in [3.05, 3.63) is 29.3 Å². The zero-order valence-electron chi connectivity index (χ0n) is 16.9. The van der Waals surface area contributed by atoms with Gasteiger partial charge in [-0.1, -0.05) is 0 Å². The van der Waals surface area contributed by atoms with E-state index in [4.69, 9.17) is 15.3 Å². The largest absolute Gasteiger partial charge is 0.497 e. The summed E-state index contributed by atoms with van der Waals surface area (Å²) in [5.41, 5.74) is 8.91. The molecule has 1 aliphatic heterocycles. The Bertz CT molecular complexity index is 1160. The molecule has 31 heavy (non-hydrogen) atoms. The van der Waals surface area contributed by atoms with Crippen molar-refractivity contribution in [1.82, 2.24) is 20.0 Å². The lowest BCUT2D eigenvalue weighted by Gasteiger charge is -2.39. The van der Waals surface area contributed by atoms with Gasteiger partial charge in [0.1, 0.15) is 17.3 Å². The highest BCUT2D eigenvalue weighted by molar-refractivity contribution is 7.16. The minimum atomic E-state index is -0.671. The molecule has 160 valence electrons. The number of nitrogen functional groups attached to an aromatic ring is 1. The third-order valence-corrected chi connectivity index (χ3v) is 5.57. The van der Waals surface area contributed by atoms with Gasteiger partial charge in [0.15, 0.2) is 10.6 Å². The minimum Gasteiger partial charge on any atom is -0.497 e. The van der Waals surface area contributed by atoms with Crippen LogP contribution in [0.5, 0.6) is 5.75 Å². The molecular formula is C19H20N8O3S. The smallest absolute Gasteiger partial charge is 0.430 e. The monoisotopic (exact) mass is 440 g/mol. The van der Waals surface area contributed by atoms with Crippen LogP contribution in [0.1, 0.15) is 12.5 Å². The number of carbonyl (C=O) groups excluding carboxylic acids is 1. The van der Waals surface area contributed by atoms with E-state index in [1.807, 2.05) is 13.0 Å². The van der Waals surface area contributed by atoms with Gasteiger partial charge >= 0.3 is 6.09 Å². The fourth-order valence-electron chi connectivity index (χ4n) is 3.39. The highest BCUT2D eigenvalue weighted by Gasteiger charge is 2.29. The lowest BCUT2D eigenvalue weighted by Crippen LogP contribution is -2.53. The summed E-state index contributed by atoms with van der Waals surface area (Å²) >= 11 is 1.41. The number of hydrogen-bond donors (Lipinski definition) is 2. The van der Waals surface area contributed by atoms with Crippen LogP contribution in [0.3, 0.4) is 0 Å². The summed E-state index contributed by atoms with van der Waals surface area (Å²) in [5.74, 6) is 1.40. The first-order valence-electron chi connectivity index (χ1n) is 9.44. The van der Waals surface area contributed by atoms with Gasteiger partial charge in [0.25, 0.3) is 0 Å². The van der Waals surface area contributed by atoms with E-state index in [-0.39, 0.29) is 17.6 Å². The number of nitriles is 1. The van der Waals surface area contributed by atoms with Crippen LogP contribution in [0.4, 0.5) is 22.2 Å². The Labute approximate surface area is 182 Å². The number of fused-ring (bicyclic) bond motifs is 1. The molecule has 1 amide bonds. The minimum absolute atomic E-state index is 0.0172. The van der Waals surface area contributed by atoms with Crippen molar-refractivity contribution >= 4 is 45.2 Å². The molecule has 0 aliphatic carbocycles. The summed E-state index contributed by atoms with van der Waals surface area (Å²) in [5, 5.41) is 13.5. The maximum Gasteiger partial charge on any atom is 0.430 e. The number of carbonyl (C=O) groups is 1. The van der Waals surface area contributed by atoms with Crippen molar-refractivity contribution in [1.29, 1.82) is 5.26 Å². The fourth-order valence-corrected chi connectivity index (χ4v) is 4.05. The molecule has 0 saturated carbocycles. The standard InChI is InChI=1S/C19H20N8O3S/c1-11-9-26(30-19(28)23-14-4-3-13(29-2)7-12(14)8-20)5-6-27(11)16-15-17(31-10-22-15)25-18(21)24-16/h3-4,7,10-11H,5-6,9H2,1-2H3,(H,23,28)(H2,21,24,25)/t11-/m0/s1. The number of hydroxylamine groups is 2. The van der Waals surface area contributed by atoms with Crippen molar-refractivity contribution in [2.45, 2.75) is 13.0 Å². The Hall–Kier alpha value is -3.69. The van der Waals surface area contributed by atoms with Gasteiger partial charge in [-0.3, -0.25) is 5.32 Å². The Morgan fingerprint density at radius 1 is 1.39 bits per heavy atom. The zero-order chi connectivity index (χ0) is 22.0. The first-order valence-corrected chi connectivity index (χ1v) is 10.3. The molecule has 0 spiro atoms. The SMILES string of the molecule is COc1ccc(NC(=O)ON2CCN(c3nc(N)nc4scnc34)[C@@H](C)C2)c(C#N)c1. The van der Waals surface area contributed by atoms with Gasteiger partial charge in [-0.25, -0.2) is 14.8 Å². The molecule has 1 aliphatic rings. The van der Waals surface area contributed by atoms with Gasteiger partial charge in [-0.2, -0.15) is 10.2 Å². The number of benzene rings is 1. The number of aromatic nitrogens is 3. The number of hydrogen-bond acceptors (Lipinski definition) is 11. The molecule has 3 N–H and O–H groups in total. The Kier molecular flexibility index (Phi) is 5.70. The molecule has 1 fully saturated rings. The van der Waals surface area contributed by atoms with E-state index in [1.165, 1.54) is 18.4 Å². The van der Waals surface area contributed by atoms with Crippen LogP contribution in [-0.2, 0) is 4.84 Å². The number of amides is 1. The van der Waals surface area contributed by atoms with E-state index >= 15 is 0 Å². The molecule has 4 rings (SSSR count). The van der Waals surface area contributed by atoms with E-state index in [0.29, 0.717) is 42.4 Å². The van der Waals surface area contributed by atoms with Crippen LogP contribution in [0.2, 0.25) is 0 Å². The van der Waals surface area contributed by atoms with E-state index in [1.54, 1.807) is 28.8 Å². The summed E-state index contributed by atoms with van der Waals surface area (Å²) in [6, 6.07) is 6.81. The molecule has 11 nitrogen and oxygen atoms in total. The number of rotatable bonds is 4. The van der Waals surface area contributed by atoms with Crippen molar-refractivity contribution in [2.24, 2.45) is 0 Å². The number of nitrogens with zero attached hydrogens (tertiary/aromatic N) is 6. The highest BCUT2D eigenvalue weighted by Crippen LogP contribution is 2.29. The summed E-state index contributed by atoms with van der Waals surface area (Å²) in [6.45, 7) is 3.47. The summed E-state index contributed by atoms with van der Waals surface area (Å²) < 4.78 is 5.10. The average Bonchev–Trinajstić information content (AvgIpc) is 3.22. The number of methoxy groups -OCH3 is 1. The molecule has 12 heteroatoms. The van der Waals surface area contributed by atoms with Gasteiger partial charge in [0, 0.05) is 12.6 Å². The van der Waals surface area contributed by atoms with Gasteiger partial charge in [-0.05, 0) is 25.1 Å². The van der Waals surface area contributed by atoms with E-state index < -0.39 is 6.09 Å². The first kappa shape index (κ1) is 20.6. The van der Waals surface area contributed by atoms with Crippen LogP contribution in [0, 0.1) is 11.3 Å². The maximum absolute atomic E-state index is 12.4. The molecule has 1 aromatic carbocycles. The van der Waals surface area contributed by atoms with E-state index in [9.17, 15) is 10.1 Å². The third kappa shape index (κ3) is 4.27. The topological polar surface area (TPSA) is 143 Å². The van der Waals surface area contributed by atoms with Gasteiger partial charge < -0.3 is 20.2 Å². The second kappa shape index (κ2) is 8.58. The summed E-state index contributed by atoms with van der Waals surface area (Å²) in [7, 11) is 1.51. The van der Waals surface area contributed by atoms with Crippen LogP contribution in [0.25, 0.3) is 10.3 Å². The molecule has 0 radical (unpaired) electrons. The number of anilines is 3. The van der Waals surface area contributed by atoms with E-state index in [0.717, 1.165) is 4.83 Å². The van der Waals surface area contributed by atoms with Gasteiger partial charge in [-0.15, -0.1) is 16.4 Å². The van der Waals surface area contributed by atoms with Gasteiger partial charge in [0.05, 0.1) is 37.0 Å². The second-order valence-electron chi connectivity index (χ2n) is 6.87. The molecule has 3 aromatic rings. The average molecular weight is 440 g/mol. The molecule has 1 saturated heterocycles. The number of thiazole rings is 1. The fraction of sp³-hybridized carbons (Fsp3) is 0.316. The summed E-state index contributed by atoms with van der Waals surface area (Å²) in [6.07, 6.45) is -0.671. The molecular weight excluding hydrogens is 420 g/mol. The Morgan fingerprint density at radius 3 is 2.97 bits per heavy atom. The number of ether oxygens (including phenoxy) is 1. The predicted molar refractivity (Wildman–Crippen MR) is 116 cm³/mol. The zero-order valence-corrected chi connectivity index (χ0v) is 17.7. The second-order valence-corrected chi connectivity index (χ2v) is 7.70. The number of piperazine rings is 1. The lowest BCUT2D eigenvalue weighted by molar-refractivity contribution is -0.103. The molecule has 2 aromatic heterocycles. The predicted octanol–water partition coefficient (Wildman–Crippen LogP) is 2.22. The Morgan fingerprint density at radius 2 is 2.23 bits per heavy atom.